The number of thiophene rings is 1. The van der Waals surface area contributed by atoms with Crippen LogP contribution in [0.4, 0.5) is 0 Å². The Morgan fingerprint density at radius 3 is 3.07 bits per heavy atom. The summed E-state index contributed by atoms with van der Waals surface area (Å²) in [6, 6.07) is 4.19. The van der Waals surface area contributed by atoms with Gasteiger partial charge in [0.1, 0.15) is 0 Å². The monoisotopic (exact) mass is 210 g/mol. The minimum absolute atomic E-state index is 0.0471. The van der Waals surface area contributed by atoms with E-state index in [2.05, 4.69) is 11.4 Å². The first-order chi connectivity index (χ1) is 6.75. The number of likely N-dealkylation sites (tertiary alicyclic amines) is 1. The molecule has 0 aromatic carbocycles. The van der Waals surface area contributed by atoms with Crippen LogP contribution in [-0.2, 0) is 11.2 Å². The van der Waals surface area contributed by atoms with Gasteiger partial charge in [-0.1, -0.05) is 6.07 Å². The zero-order valence-electron chi connectivity index (χ0n) is 7.98. The van der Waals surface area contributed by atoms with Crippen LogP contribution in [0, 0.1) is 0 Å². The van der Waals surface area contributed by atoms with Crippen LogP contribution in [0.3, 0.4) is 0 Å². The van der Waals surface area contributed by atoms with E-state index < -0.39 is 0 Å². The summed E-state index contributed by atoms with van der Waals surface area (Å²) in [5.74, 6) is 0.203. The molecular formula is C10H14N2OS. The van der Waals surface area contributed by atoms with Crippen LogP contribution in [0.25, 0.3) is 0 Å². The summed E-state index contributed by atoms with van der Waals surface area (Å²) in [6.07, 6.45) is 1.47. The SMILES string of the molecule is NC1CC(=O)N(CCc2cccs2)C1. The first kappa shape index (κ1) is 9.68. The smallest absolute Gasteiger partial charge is 0.224 e. The van der Waals surface area contributed by atoms with Gasteiger partial charge in [-0.2, -0.15) is 0 Å². The Bertz CT molecular complexity index is 310. The second kappa shape index (κ2) is 4.11. The number of carbonyl (C=O) groups is 1. The third-order valence-electron chi connectivity index (χ3n) is 2.45. The van der Waals surface area contributed by atoms with Crippen molar-refractivity contribution in [3.63, 3.8) is 0 Å². The number of carbonyl (C=O) groups excluding carboxylic acids is 1. The third kappa shape index (κ3) is 2.13. The summed E-state index contributed by atoms with van der Waals surface area (Å²) in [5.41, 5.74) is 5.70. The number of nitrogens with two attached hydrogens (primary N) is 1. The molecule has 2 rings (SSSR count). The van der Waals surface area contributed by atoms with Crippen LogP contribution in [0.1, 0.15) is 11.3 Å². The molecule has 1 aromatic heterocycles. The zero-order chi connectivity index (χ0) is 9.97. The summed E-state index contributed by atoms with van der Waals surface area (Å²) in [6.45, 7) is 1.54. The van der Waals surface area contributed by atoms with Crippen molar-refractivity contribution >= 4 is 17.2 Å². The van der Waals surface area contributed by atoms with Gasteiger partial charge in [0.25, 0.3) is 0 Å². The molecule has 14 heavy (non-hydrogen) atoms. The van der Waals surface area contributed by atoms with Crippen molar-refractivity contribution in [2.45, 2.75) is 18.9 Å². The standard InChI is InChI=1S/C10H14N2OS/c11-8-6-10(13)12(7-8)4-3-9-2-1-5-14-9/h1-2,5,8H,3-4,6-7,11H2. The van der Waals surface area contributed by atoms with Crippen LogP contribution in [0.15, 0.2) is 17.5 Å². The van der Waals surface area contributed by atoms with Crippen molar-refractivity contribution in [1.82, 2.24) is 4.90 Å². The Balaban J connectivity index is 1.84. The fourth-order valence-corrected chi connectivity index (χ4v) is 2.42. The molecule has 0 bridgehead atoms. The maximum absolute atomic E-state index is 11.4. The van der Waals surface area contributed by atoms with Crippen LogP contribution in [-0.4, -0.2) is 29.9 Å². The molecule has 1 aromatic rings. The molecule has 1 atom stereocenters. The Labute approximate surface area is 87.5 Å². The summed E-state index contributed by atoms with van der Waals surface area (Å²) >= 11 is 1.74. The first-order valence-corrected chi connectivity index (χ1v) is 5.69. The van der Waals surface area contributed by atoms with Crippen molar-refractivity contribution in [1.29, 1.82) is 0 Å². The van der Waals surface area contributed by atoms with Gasteiger partial charge in [0, 0.05) is 30.4 Å². The molecular weight excluding hydrogens is 196 g/mol. The van der Waals surface area contributed by atoms with Crippen molar-refractivity contribution in [2.75, 3.05) is 13.1 Å². The molecule has 1 amide bonds. The van der Waals surface area contributed by atoms with Gasteiger partial charge in [-0.15, -0.1) is 11.3 Å². The quantitative estimate of drug-likeness (QED) is 0.804. The summed E-state index contributed by atoms with van der Waals surface area (Å²) < 4.78 is 0. The Hall–Kier alpha value is -0.870. The molecule has 1 unspecified atom stereocenters. The molecule has 1 aliphatic heterocycles. The predicted octanol–water partition coefficient (Wildman–Crippen LogP) is 0.850. The lowest BCUT2D eigenvalue weighted by Crippen LogP contribution is -2.29. The van der Waals surface area contributed by atoms with Gasteiger partial charge in [-0.05, 0) is 17.9 Å². The molecule has 4 heteroatoms. The minimum Gasteiger partial charge on any atom is -0.341 e. The number of nitrogens with zero attached hydrogens (tertiary/aromatic N) is 1. The van der Waals surface area contributed by atoms with E-state index in [-0.39, 0.29) is 11.9 Å². The number of rotatable bonds is 3. The predicted molar refractivity (Wildman–Crippen MR) is 57.2 cm³/mol. The second-order valence-corrected chi connectivity index (χ2v) is 4.67. The van der Waals surface area contributed by atoms with E-state index in [0.717, 1.165) is 19.5 Å². The molecule has 3 nitrogen and oxygen atoms in total. The Kier molecular flexibility index (Phi) is 2.84. The molecule has 0 saturated carbocycles. The maximum atomic E-state index is 11.4. The topological polar surface area (TPSA) is 46.3 Å². The molecule has 0 aliphatic carbocycles. The third-order valence-corrected chi connectivity index (χ3v) is 3.39. The average Bonchev–Trinajstić information content (AvgIpc) is 2.72. The largest absolute Gasteiger partial charge is 0.341 e. The van der Waals surface area contributed by atoms with Crippen molar-refractivity contribution in [3.8, 4) is 0 Å². The van der Waals surface area contributed by atoms with Gasteiger partial charge in [0.15, 0.2) is 0 Å². The van der Waals surface area contributed by atoms with Gasteiger partial charge in [0.05, 0.1) is 0 Å². The molecule has 2 N–H and O–H groups in total. The van der Waals surface area contributed by atoms with Crippen LogP contribution in [0.5, 0.6) is 0 Å². The van der Waals surface area contributed by atoms with Crippen molar-refractivity contribution in [3.05, 3.63) is 22.4 Å². The van der Waals surface area contributed by atoms with E-state index in [4.69, 9.17) is 5.73 Å². The molecule has 0 radical (unpaired) electrons. The Morgan fingerprint density at radius 2 is 2.50 bits per heavy atom. The number of hydrogen-bond acceptors (Lipinski definition) is 3. The highest BCUT2D eigenvalue weighted by molar-refractivity contribution is 7.09. The summed E-state index contributed by atoms with van der Waals surface area (Å²) in [4.78, 5) is 14.6. The minimum atomic E-state index is 0.0471. The fraction of sp³-hybridized carbons (Fsp3) is 0.500. The van der Waals surface area contributed by atoms with Gasteiger partial charge in [0.2, 0.25) is 5.91 Å². The van der Waals surface area contributed by atoms with Gasteiger partial charge in [-0.25, -0.2) is 0 Å². The number of amides is 1. The molecule has 76 valence electrons. The lowest BCUT2D eigenvalue weighted by Gasteiger charge is -2.14. The summed E-state index contributed by atoms with van der Waals surface area (Å²) in [7, 11) is 0. The molecule has 1 saturated heterocycles. The van der Waals surface area contributed by atoms with E-state index in [1.54, 1.807) is 11.3 Å². The van der Waals surface area contributed by atoms with Gasteiger partial charge >= 0.3 is 0 Å². The molecule has 1 aliphatic rings. The maximum Gasteiger partial charge on any atom is 0.224 e. The number of hydrogen-bond donors (Lipinski definition) is 1. The van der Waals surface area contributed by atoms with E-state index in [9.17, 15) is 4.79 Å². The molecule has 0 spiro atoms. The second-order valence-electron chi connectivity index (χ2n) is 3.63. The first-order valence-electron chi connectivity index (χ1n) is 4.81. The van der Waals surface area contributed by atoms with Crippen molar-refractivity contribution < 1.29 is 4.79 Å². The molecule has 1 fully saturated rings. The van der Waals surface area contributed by atoms with Crippen molar-refractivity contribution in [2.24, 2.45) is 5.73 Å². The Morgan fingerprint density at radius 1 is 1.64 bits per heavy atom. The van der Waals surface area contributed by atoms with Crippen LogP contribution >= 0.6 is 11.3 Å². The highest BCUT2D eigenvalue weighted by Gasteiger charge is 2.26. The normalized spacial score (nSPS) is 21.9. The van der Waals surface area contributed by atoms with E-state index >= 15 is 0 Å². The average molecular weight is 210 g/mol. The van der Waals surface area contributed by atoms with Crippen LogP contribution in [0.2, 0.25) is 0 Å². The summed E-state index contributed by atoms with van der Waals surface area (Å²) in [5, 5.41) is 2.06. The zero-order valence-corrected chi connectivity index (χ0v) is 8.80. The highest BCUT2D eigenvalue weighted by atomic mass is 32.1. The van der Waals surface area contributed by atoms with Gasteiger partial charge in [-0.3, -0.25) is 4.79 Å². The molecule has 2 heterocycles. The lowest BCUT2D eigenvalue weighted by atomic mass is 10.3. The highest BCUT2D eigenvalue weighted by Crippen LogP contribution is 2.13. The van der Waals surface area contributed by atoms with E-state index in [0.29, 0.717) is 6.42 Å². The fourth-order valence-electron chi connectivity index (χ4n) is 1.72. The van der Waals surface area contributed by atoms with E-state index in [1.807, 2.05) is 11.0 Å². The lowest BCUT2D eigenvalue weighted by molar-refractivity contribution is -0.127. The van der Waals surface area contributed by atoms with E-state index in [1.165, 1.54) is 4.88 Å². The van der Waals surface area contributed by atoms with Gasteiger partial charge < -0.3 is 10.6 Å². The van der Waals surface area contributed by atoms with Crippen LogP contribution < -0.4 is 5.73 Å².